The summed E-state index contributed by atoms with van der Waals surface area (Å²) < 4.78 is 0. The molecule has 0 unspecified atom stereocenters. The fraction of sp³-hybridized carbons (Fsp3) is 0.438. The van der Waals surface area contributed by atoms with E-state index in [0.29, 0.717) is 24.0 Å². The normalized spacial score (nSPS) is 17.1. The van der Waals surface area contributed by atoms with Crippen molar-refractivity contribution in [2.24, 2.45) is 0 Å². The lowest BCUT2D eigenvalue weighted by Crippen LogP contribution is -2.36. The lowest BCUT2D eigenvalue weighted by Gasteiger charge is -2.25. The van der Waals surface area contributed by atoms with Crippen molar-refractivity contribution in [1.29, 1.82) is 5.26 Å². The topological polar surface area (TPSA) is 90.6 Å². The molecule has 0 bridgehead atoms. The zero-order valence-electron chi connectivity index (χ0n) is 13.3. The van der Waals surface area contributed by atoms with Gasteiger partial charge in [0.25, 0.3) is 0 Å². The number of nitrogens with zero attached hydrogens (tertiary/aromatic N) is 6. The Bertz CT molecular complexity index is 723. The molecular weight excluding hydrogens is 290 g/mol. The van der Waals surface area contributed by atoms with Crippen LogP contribution in [0.5, 0.6) is 0 Å². The van der Waals surface area contributed by atoms with Crippen molar-refractivity contribution in [3.8, 4) is 6.07 Å². The highest BCUT2D eigenvalue weighted by molar-refractivity contribution is 5.56. The summed E-state index contributed by atoms with van der Waals surface area (Å²) in [6.07, 6.45) is 3.87. The van der Waals surface area contributed by atoms with Gasteiger partial charge in [0.05, 0.1) is 5.69 Å². The molecule has 2 aromatic heterocycles. The molecule has 1 aliphatic heterocycles. The molecular formula is C16H19N7. The first-order valence-corrected chi connectivity index (χ1v) is 7.73. The largest absolute Gasteiger partial charge is 0.365 e. The van der Waals surface area contributed by atoms with Gasteiger partial charge in [-0.15, -0.1) is 10.2 Å². The van der Waals surface area contributed by atoms with E-state index in [1.807, 2.05) is 26.0 Å². The minimum Gasteiger partial charge on any atom is -0.365 e. The van der Waals surface area contributed by atoms with E-state index in [9.17, 15) is 5.26 Å². The van der Waals surface area contributed by atoms with Crippen LogP contribution in [0.2, 0.25) is 0 Å². The lowest BCUT2D eigenvalue weighted by molar-refractivity contribution is 0.683. The Morgan fingerprint density at radius 1 is 1.35 bits per heavy atom. The highest BCUT2D eigenvalue weighted by Crippen LogP contribution is 2.24. The van der Waals surface area contributed by atoms with Crippen molar-refractivity contribution >= 4 is 11.6 Å². The van der Waals surface area contributed by atoms with Gasteiger partial charge in [-0.05, 0) is 44.4 Å². The maximum absolute atomic E-state index is 9.36. The first-order valence-electron chi connectivity index (χ1n) is 7.73. The van der Waals surface area contributed by atoms with E-state index in [2.05, 4.69) is 36.7 Å². The average molecular weight is 309 g/mol. The molecule has 0 saturated carbocycles. The van der Waals surface area contributed by atoms with Gasteiger partial charge < -0.3 is 10.2 Å². The summed E-state index contributed by atoms with van der Waals surface area (Å²) in [6.45, 7) is 5.42. The second kappa shape index (κ2) is 6.57. The molecule has 1 saturated heterocycles. The van der Waals surface area contributed by atoms with E-state index >= 15 is 0 Å². The minimum absolute atomic E-state index is 0.307. The summed E-state index contributed by atoms with van der Waals surface area (Å²) in [6, 6.07) is 6.40. The Morgan fingerprint density at radius 3 is 2.96 bits per heavy atom. The maximum atomic E-state index is 9.36. The molecule has 118 valence electrons. The quantitative estimate of drug-likeness (QED) is 0.921. The molecule has 7 nitrogen and oxygen atoms in total. The first kappa shape index (κ1) is 15.2. The maximum Gasteiger partial charge on any atom is 0.167 e. The SMILES string of the molecule is Cc1nnc(NC[C@@H]2CCCN2c2cccnn2)c(C#N)c1C. The average Bonchev–Trinajstić information content (AvgIpc) is 3.05. The van der Waals surface area contributed by atoms with E-state index in [4.69, 9.17) is 0 Å². The number of aryl methyl sites for hydroxylation is 1. The molecule has 3 heterocycles. The number of hydrogen-bond donors (Lipinski definition) is 1. The molecule has 1 fully saturated rings. The van der Waals surface area contributed by atoms with Gasteiger partial charge in [-0.25, -0.2) is 0 Å². The van der Waals surface area contributed by atoms with Crippen LogP contribution in [0.4, 0.5) is 11.6 Å². The highest BCUT2D eigenvalue weighted by atomic mass is 15.3. The van der Waals surface area contributed by atoms with Gasteiger partial charge in [0, 0.05) is 25.3 Å². The van der Waals surface area contributed by atoms with Crippen molar-refractivity contribution < 1.29 is 0 Å². The number of anilines is 2. The standard InChI is InChI=1S/C16H19N7/c1-11-12(2)20-22-16(14(11)9-17)18-10-13-5-4-8-23(13)15-6-3-7-19-21-15/h3,6-7,13H,4-5,8,10H2,1-2H3,(H,18,22)/t13-/m0/s1. The molecule has 0 radical (unpaired) electrons. The third-order valence-corrected chi connectivity index (χ3v) is 4.30. The van der Waals surface area contributed by atoms with Crippen molar-refractivity contribution in [3.05, 3.63) is 35.2 Å². The summed E-state index contributed by atoms with van der Waals surface area (Å²) in [7, 11) is 0. The van der Waals surface area contributed by atoms with Crippen LogP contribution in [-0.2, 0) is 0 Å². The number of rotatable bonds is 4. The molecule has 1 aliphatic rings. The van der Waals surface area contributed by atoms with Gasteiger partial charge in [-0.2, -0.15) is 15.5 Å². The molecule has 7 heteroatoms. The Balaban J connectivity index is 1.74. The van der Waals surface area contributed by atoms with Gasteiger partial charge in [0.1, 0.15) is 11.6 Å². The van der Waals surface area contributed by atoms with Crippen LogP contribution in [-0.4, -0.2) is 39.5 Å². The second-order valence-corrected chi connectivity index (χ2v) is 5.70. The van der Waals surface area contributed by atoms with Crippen molar-refractivity contribution in [1.82, 2.24) is 20.4 Å². The zero-order chi connectivity index (χ0) is 16.2. The van der Waals surface area contributed by atoms with Gasteiger partial charge in [-0.3, -0.25) is 0 Å². The van der Waals surface area contributed by atoms with Crippen LogP contribution in [0.25, 0.3) is 0 Å². The monoisotopic (exact) mass is 309 g/mol. The van der Waals surface area contributed by atoms with E-state index < -0.39 is 0 Å². The predicted octanol–water partition coefficient (Wildman–Crippen LogP) is 1.84. The Morgan fingerprint density at radius 2 is 2.22 bits per heavy atom. The van der Waals surface area contributed by atoms with Gasteiger partial charge >= 0.3 is 0 Å². The van der Waals surface area contributed by atoms with E-state index in [1.54, 1.807) is 6.20 Å². The smallest absolute Gasteiger partial charge is 0.167 e. The Labute approximate surface area is 135 Å². The van der Waals surface area contributed by atoms with Crippen LogP contribution in [0.1, 0.15) is 29.7 Å². The highest BCUT2D eigenvalue weighted by Gasteiger charge is 2.26. The van der Waals surface area contributed by atoms with Crippen LogP contribution in [0.15, 0.2) is 18.3 Å². The van der Waals surface area contributed by atoms with Crippen LogP contribution in [0, 0.1) is 25.2 Å². The Hall–Kier alpha value is -2.75. The molecule has 0 amide bonds. The van der Waals surface area contributed by atoms with Crippen LogP contribution >= 0.6 is 0 Å². The second-order valence-electron chi connectivity index (χ2n) is 5.70. The first-order chi connectivity index (χ1) is 11.2. The molecule has 0 aliphatic carbocycles. The summed E-state index contributed by atoms with van der Waals surface area (Å²) in [5.41, 5.74) is 2.23. The van der Waals surface area contributed by atoms with Gasteiger partial charge in [-0.1, -0.05) is 0 Å². The third kappa shape index (κ3) is 3.06. The lowest BCUT2D eigenvalue weighted by atomic mass is 10.1. The van der Waals surface area contributed by atoms with Crippen molar-refractivity contribution in [2.45, 2.75) is 32.7 Å². The zero-order valence-corrected chi connectivity index (χ0v) is 13.3. The molecule has 2 aromatic rings. The van der Waals surface area contributed by atoms with Gasteiger partial charge in [0.15, 0.2) is 11.6 Å². The fourth-order valence-electron chi connectivity index (χ4n) is 2.88. The summed E-state index contributed by atoms with van der Waals surface area (Å²) in [5, 5.41) is 29.0. The van der Waals surface area contributed by atoms with E-state index in [0.717, 1.165) is 36.5 Å². The molecule has 23 heavy (non-hydrogen) atoms. The molecule has 3 rings (SSSR count). The molecule has 0 spiro atoms. The van der Waals surface area contributed by atoms with E-state index in [-0.39, 0.29) is 0 Å². The number of hydrogen-bond acceptors (Lipinski definition) is 7. The number of nitriles is 1. The Kier molecular flexibility index (Phi) is 4.33. The van der Waals surface area contributed by atoms with E-state index in [1.165, 1.54) is 0 Å². The summed E-state index contributed by atoms with van der Waals surface area (Å²) in [4.78, 5) is 2.25. The van der Waals surface area contributed by atoms with Gasteiger partial charge in [0.2, 0.25) is 0 Å². The van der Waals surface area contributed by atoms with Crippen molar-refractivity contribution in [2.75, 3.05) is 23.3 Å². The van der Waals surface area contributed by atoms with Crippen molar-refractivity contribution in [3.63, 3.8) is 0 Å². The van der Waals surface area contributed by atoms with Crippen LogP contribution < -0.4 is 10.2 Å². The minimum atomic E-state index is 0.307. The van der Waals surface area contributed by atoms with Crippen LogP contribution in [0.3, 0.4) is 0 Å². The number of aromatic nitrogens is 4. The summed E-state index contributed by atoms with van der Waals surface area (Å²) in [5.74, 6) is 1.45. The summed E-state index contributed by atoms with van der Waals surface area (Å²) >= 11 is 0. The fourth-order valence-corrected chi connectivity index (χ4v) is 2.88. The number of nitrogens with one attached hydrogen (secondary N) is 1. The predicted molar refractivity (Wildman–Crippen MR) is 87.1 cm³/mol. The third-order valence-electron chi connectivity index (χ3n) is 4.30. The molecule has 1 N–H and O–H groups in total. The molecule has 0 aromatic carbocycles. The molecule has 1 atom stereocenters.